The molecule has 0 aromatic carbocycles. The fourth-order valence-corrected chi connectivity index (χ4v) is 0.776. The maximum Gasteiger partial charge on any atom is 0.226 e. The Balaban J connectivity index is 3.81. The highest BCUT2D eigenvalue weighted by atomic mass is 35.6. The molecule has 0 bridgehead atoms. The van der Waals surface area contributed by atoms with Crippen LogP contribution in [0.25, 0.3) is 0 Å². The topological polar surface area (TPSA) is 20.2 Å². The molecule has 5 heteroatoms. The van der Waals surface area contributed by atoms with E-state index in [1.165, 1.54) is 0 Å². The highest BCUT2D eigenvalue weighted by molar-refractivity contribution is 6.72. The molecule has 1 nitrogen and oxygen atoms in total. The first kappa shape index (κ1) is 11.9. The van der Waals surface area contributed by atoms with Crippen molar-refractivity contribution in [3.8, 4) is 0 Å². The summed E-state index contributed by atoms with van der Waals surface area (Å²) in [5.74, 6) is 0. The first-order valence-electron chi connectivity index (χ1n) is 3.02. The minimum Gasteiger partial charge on any atom is -0.396 e. The number of rotatable bonds is 3. The minimum atomic E-state index is -1.53. The van der Waals surface area contributed by atoms with E-state index in [4.69, 9.17) is 51.5 Å². The third kappa shape index (κ3) is 6.06. The summed E-state index contributed by atoms with van der Waals surface area (Å²) in [6, 6.07) is 0. The van der Waals surface area contributed by atoms with Crippen molar-refractivity contribution in [1.29, 1.82) is 0 Å². The monoisotopic (exact) mass is 236 g/mol. The molecule has 0 atom stereocenters. The van der Waals surface area contributed by atoms with Crippen molar-refractivity contribution < 1.29 is 5.11 Å². The SMILES string of the molecule is OCCCC=C(Cl)C(Cl)(Cl)Cl. The highest BCUT2D eigenvalue weighted by Gasteiger charge is 2.23. The predicted molar refractivity (Wildman–Crippen MR) is 50.5 cm³/mol. The first-order chi connectivity index (χ1) is 4.98. The number of alkyl halides is 3. The van der Waals surface area contributed by atoms with Gasteiger partial charge in [0.15, 0.2) is 0 Å². The van der Waals surface area contributed by atoms with E-state index in [9.17, 15) is 0 Å². The van der Waals surface area contributed by atoms with Crippen LogP contribution in [0.5, 0.6) is 0 Å². The molecule has 1 N–H and O–H groups in total. The Labute approximate surface area is 85.9 Å². The van der Waals surface area contributed by atoms with Crippen LogP contribution < -0.4 is 0 Å². The molecule has 0 aromatic heterocycles. The van der Waals surface area contributed by atoms with Crippen LogP contribution in [-0.4, -0.2) is 15.5 Å². The molecule has 0 amide bonds. The Hall–Kier alpha value is 0.860. The molecule has 0 heterocycles. The molecule has 11 heavy (non-hydrogen) atoms. The zero-order valence-electron chi connectivity index (χ0n) is 5.66. The number of aliphatic hydroxyl groups is 1. The zero-order valence-corrected chi connectivity index (χ0v) is 8.68. The summed E-state index contributed by atoms with van der Waals surface area (Å²) >= 11 is 21.9. The second-order valence-electron chi connectivity index (χ2n) is 1.92. The van der Waals surface area contributed by atoms with E-state index >= 15 is 0 Å². The Morgan fingerprint density at radius 2 is 1.91 bits per heavy atom. The second kappa shape index (κ2) is 5.50. The molecule has 66 valence electrons. The number of unbranched alkanes of at least 4 members (excludes halogenated alkanes) is 1. The van der Waals surface area contributed by atoms with Crippen molar-refractivity contribution in [3.63, 3.8) is 0 Å². The fourth-order valence-electron chi connectivity index (χ4n) is 0.436. The molecule has 0 saturated carbocycles. The van der Waals surface area contributed by atoms with Gasteiger partial charge in [0.1, 0.15) is 0 Å². The van der Waals surface area contributed by atoms with Gasteiger partial charge in [0.25, 0.3) is 0 Å². The predicted octanol–water partition coefficient (Wildman–Crippen LogP) is 3.25. The van der Waals surface area contributed by atoms with Crippen LogP contribution in [0, 0.1) is 0 Å². The van der Waals surface area contributed by atoms with Crippen LogP contribution in [0.1, 0.15) is 12.8 Å². The minimum absolute atomic E-state index is 0.112. The smallest absolute Gasteiger partial charge is 0.226 e. The Bertz CT molecular complexity index is 138. The van der Waals surface area contributed by atoms with Gasteiger partial charge in [0.2, 0.25) is 3.79 Å². The summed E-state index contributed by atoms with van der Waals surface area (Å²) in [5, 5.41) is 8.59. The van der Waals surface area contributed by atoms with Crippen molar-refractivity contribution in [2.24, 2.45) is 0 Å². The molecule has 0 rings (SSSR count). The Morgan fingerprint density at radius 1 is 1.36 bits per heavy atom. The van der Waals surface area contributed by atoms with Gasteiger partial charge in [-0.15, -0.1) is 0 Å². The van der Waals surface area contributed by atoms with Crippen molar-refractivity contribution in [3.05, 3.63) is 11.1 Å². The molecular weight excluding hydrogens is 230 g/mol. The molecular formula is C6H8Cl4O. The molecule has 0 aliphatic rings. The van der Waals surface area contributed by atoms with Gasteiger partial charge in [-0.25, -0.2) is 0 Å². The third-order valence-corrected chi connectivity index (χ3v) is 2.30. The van der Waals surface area contributed by atoms with Crippen LogP contribution >= 0.6 is 46.4 Å². The van der Waals surface area contributed by atoms with Gasteiger partial charge in [-0.3, -0.25) is 0 Å². The summed E-state index contributed by atoms with van der Waals surface area (Å²) in [5.41, 5.74) is 0. The molecule has 0 aromatic rings. The van der Waals surface area contributed by atoms with Gasteiger partial charge >= 0.3 is 0 Å². The van der Waals surface area contributed by atoms with Gasteiger partial charge in [0.05, 0.1) is 5.03 Å². The summed E-state index contributed by atoms with van der Waals surface area (Å²) in [7, 11) is 0. The molecule has 0 spiro atoms. The summed E-state index contributed by atoms with van der Waals surface area (Å²) < 4.78 is -1.53. The standard InChI is InChI=1S/C6H8Cl4O/c7-5(6(8,9)10)3-1-2-4-11/h3,11H,1-2,4H2. The average molecular weight is 238 g/mol. The maximum absolute atomic E-state index is 8.41. The number of aliphatic hydroxyl groups excluding tert-OH is 1. The average Bonchev–Trinajstić information content (AvgIpc) is 1.86. The largest absolute Gasteiger partial charge is 0.396 e. The van der Waals surface area contributed by atoms with Crippen molar-refractivity contribution >= 4 is 46.4 Å². The van der Waals surface area contributed by atoms with Crippen molar-refractivity contribution in [2.75, 3.05) is 6.61 Å². The van der Waals surface area contributed by atoms with E-state index in [1.807, 2.05) is 0 Å². The molecule has 0 fully saturated rings. The van der Waals surface area contributed by atoms with Crippen molar-refractivity contribution in [2.45, 2.75) is 16.6 Å². The van der Waals surface area contributed by atoms with Gasteiger partial charge in [-0.1, -0.05) is 52.5 Å². The first-order valence-corrected chi connectivity index (χ1v) is 4.53. The van der Waals surface area contributed by atoms with Gasteiger partial charge in [-0.2, -0.15) is 0 Å². The molecule has 0 aliphatic heterocycles. The molecule has 0 saturated heterocycles. The second-order valence-corrected chi connectivity index (χ2v) is 4.60. The van der Waals surface area contributed by atoms with Crippen molar-refractivity contribution in [1.82, 2.24) is 0 Å². The number of hydrogen-bond donors (Lipinski definition) is 1. The van der Waals surface area contributed by atoms with E-state index in [1.54, 1.807) is 6.08 Å². The lowest BCUT2D eigenvalue weighted by Gasteiger charge is -2.08. The summed E-state index contributed by atoms with van der Waals surface area (Å²) in [6.45, 7) is 0.112. The molecule has 0 radical (unpaired) electrons. The van der Waals surface area contributed by atoms with E-state index in [0.29, 0.717) is 12.8 Å². The summed E-state index contributed by atoms with van der Waals surface area (Å²) in [4.78, 5) is 0. The lowest BCUT2D eigenvalue weighted by Crippen LogP contribution is -2.01. The number of allylic oxidation sites excluding steroid dienone is 2. The Morgan fingerprint density at radius 3 is 2.27 bits per heavy atom. The quantitative estimate of drug-likeness (QED) is 0.590. The zero-order chi connectivity index (χ0) is 8.91. The highest BCUT2D eigenvalue weighted by Crippen LogP contribution is 2.37. The maximum atomic E-state index is 8.41. The van der Waals surface area contributed by atoms with Gasteiger partial charge < -0.3 is 5.11 Å². The fraction of sp³-hybridized carbons (Fsp3) is 0.667. The molecule has 0 aliphatic carbocycles. The van der Waals surface area contributed by atoms with E-state index in [-0.39, 0.29) is 11.6 Å². The van der Waals surface area contributed by atoms with Crippen LogP contribution in [0.4, 0.5) is 0 Å². The summed E-state index contributed by atoms with van der Waals surface area (Å²) in [6.07, 6.45) is 2.82. The van der Waals surface area contributed by atoms with Crippen LogP contribution in [-0.2, 0) is 0 Å². The van der Waals surface area contributed by atoms with E-state index < -0.39 is 3.79 Å². The lowest BCUT2D eigenvalue weighted by molar-refractivity contribution is 0.289. The normalized spacial score (nSPS) is 13.7. The van der Waals surface area contributed by atoms with Crippen LogP contribution in [0.15, 0.2) is 11.1 Å². The number of hydrogen-bond acceptors (Lipinski definition) is 1. The van der Waals surface area contributed by atoms with Gasteiger partial charge in [-0.05, 0) is 12.8 Å². The van der Waals surface area contributed by atoms with E-state index in [0.717, 1.165) is 0 Å². The molecule has 0 unspecified atom stereocenters. The lowest BCUT2D eigenvalue weighted by atomic mass is 10.3. The van der Waals surface area contributed by atoms with E-state index in [2.05, 4.69) is 0 Å². The Kier molecular flexibility index (Phi) is 5.93. The third-order valence-electron chi connectivity index (χ3n) is 0.957. The van der Waals surface area contributed by atoms with Crippen LogP contribution in [0.3, 0.4) is 0 Å². The van der Waals surface area contributed by atoms with Gasteiger partial charge in [0, 0.05) is 6.61 Å². The number of halogens is 4. The van der Waals surface area contributed by atoms with Crippen LogP contribution in [0.2, 0.25) is 0 Å².